The van der Waals surface area contributed by atoms with E-state index in [0.717, 1.165) is 0 Å². The van der Waals surface area contributed by atoms with E-state index in [4.69, 9.17) is 9.47 Å². The molecule has 7 heteroatoms. The van der Waals surface area contributed by atoms with Crippen LogP contribution < -0.4 is 9.47 Å². The van der Waals surface area contributed by atoms with Gasteiger partial charge in [-0.15, -0.1) is 0 Å². The Kier molecular flexibility index (Phi) is 5.93. The average Bonchev–Trinajstić information content (AvgIpc) is 2.65. The molecule has 0 unspecified atom stereocenters. The zero-order valence-corrected chi connectivity index (χ0v) is 15.0. The van der Waals surface area contributed by atoms with Crippen LogP contribution in [0.1, 0.15) is 22.3 Å². The summed E-state index contributed by atoms with van der Waals surface area (Å²) >= 11 is 0. The van der Waals surface area contributed by atoms with Gasteiger partial charge in [0, 0.05) is 25.7 Å². The molecule has 2 atom stereocenters. The maximum Gasteiger partial charge on any atom is 0.336 e. The standard InChI is InChI=1S/C20H22FNO5/c1-26-19-10-14(21)6-7-18(19)27-17-8-9-22(12-16(17)23)11-13-4-2-3-5-15(13)20(24)25/h2-7,10,16-17,23H,8-9,11-12H2,1H3,(H,24,25)/t16-,17-/m1/s1. The molecule has 144 valence electrons. The molecule has 0 radical (unpaired) electrons. The molecule has 2 aromatic carbocycles. The van der Waals surface area contributed by atoms with E-state index in [2.05, 4.69) is 0 Å². The Morgan fingerprint density at radius 3 is 2.74 bits per heavy atom. The van der Waals surface area contributed by atoms with Crippen molar-refractivity contribution < 1.29 is 28.9 Å². The van der Waals surface area contributed by atoms with Gasteiger partial charge in [0.25, 0.3) is 0 Å². The van der Waals surface area contributed by atoms with Gasteiger partial charge in [0.15, 0.2) is 11.5 Å². The zero-order chi connectivity index (χ0) is 19.4. The molecule has 3 rings (SSSR count). The van der Waals surface area contributed by atoms with Gasteiger partial charge < -0.3 is 19.7 Å². The Hall–Kier alpha value is -2.64. The van der Waals surface area contributed by atoms with Gasteiger partial charge in [0.1, 0.15) is 18.0 Å². The Labute approximate surface area is 156 Å². The third-order valence-electron chi connectivity index (χ3n) is 4.65. The molecule has 0 aromatic heterocycles. The number of likely N-dealkylation sites (tertiary alicyclic amines) is 1. The molecule has 0 spiro atoms. The van der Waals surface area contributed by atoms with Gasteiger partial charge in [0.2, 0.25) is 0 Å². The fourth-order valence-electron chi connectivity index (χ4n) is 3.27. The lowest BCUT2D eigenvalue weighted by Gasteiger charge is -2.36. The smallest absolute Gasteiger partial charge is 0.336 e. The van der Waals surface area contributed by atoms with Crippen LogP contribution in [0.4, 0.5) is 4.39 Å². The minimum atomic E-state index is -0.965. The molecule has 0 bridgehead atoms. The number of carboxylic acid groups (broad SMARTS) is 1. The summed E-state index contributed by atoms with van der Waals surface area (Å²) in [6.07, 6.45) is -0.655. The molecule has 2 aromatic rings. The van der Waals surface area contributed by atoms with Crippen molar-refractivity contribution in [3.8, 4) is 11.5 Å². The van der Waals surface area contributed by atoms with E-state index < -0.39 is 24.0 Å². The monoisotopic (exact) mass is 375 g/mol. The molecule has 6 nitrogen and oxygen atoms in total. The molecule has 1 aliphatic heterocycles. The Balaban J connectivity index is 1.64. The highest BCUT2D eigenvalue weighted by atomic mass is 19.1. The number of hydrogen-bond acceptors (Lipinski definition) is 5. The molecule has 0 amide bonds. The number of carbonyl (C=O) groups is 1. The van der Waals surface area contributed by atoms with Gasteiger partial charge in [0.05, 0.1) is 12.7 Å². The van der Waals surface area contributed by atoms with Gasteiger partial charge in [-0.1, -0.05) is 18.2 Å². The van der Waals surface area contributed by atoms with E-state index in [9.17, 15) is 19.4 Å². The molecule has 1 aliphatic rings. The summed E-state index contributed by atoms with van der Waals surface area (Å²) in [6, 6.07) is 10.8. The number of aliphatic hydroxyl groups is 1. The summed E-state index contributed by atoms with van der Waals surface area (Å²) in [6.45, 7) is 1.42. The number of carboxylic acids is 1. The largest absolute Gasteiger partial charge is 0.493 e. The fourth-order valence-corrected chi connectivity index (χ4v) is 3.27. The number of piperidine rings is 1. The highest BCUT2D eigenvalue weighted by Crippen LogP contribution is 2.30. The summed E-state index contributed by atoms with van der Waals surface area (Å²) < 4.78 is 24.3. The number of aromatic carboxylic acids is 1. The number of aliphatic hydroxyl groups excluding tert-OH is 1. The maximum absolute atomic E-state index is 13.3. The number of nitrogens with zero attached hydrogens (tertiary/aromatic N) is 1. The first-order valence-corrected chi connectivity index (χ1v) is 8.69. The number of methoxy groups -OCH3 is 1. The summed E-state index contributed by atoms with van der Waals surface area (Å²) in [5.41, 5.74) is 0.971. The lowest BCUT2D eigenvalue weighted by Crippen LogP contribution is -2.48. The second kappa shape index (κ2) is 8.37. The van der Waals surface area contributed by atoms with Gasteiger partial charge in [-0.2, -0.15) is 0 Å². The SMILES string of the molecule is COc1cc(F)ccc1O[C@@H]1CCN(Cc2ccccc2C(=O)O)C[C@H]1O. The van der Waals surface area contributed by atoms with Crippen molar-refractivity contribution in [2.75, 3.05) is 20.2 Å². The van der Waals surface area contributed by atoms with Gasteiger partial charge >= 0.3 is 5.97 Å². The quantitative estimate of drug-likeness (QED) is 0.808. The highest BCUT2D eigenvalue weighted by Gasteiger charge is 2.30. The summed E-state index contributed by atoms with van der Waals surface area (Å²) in [7, 11) is 1.43. The minimum Gasteiger partial charge on any atom is -0.493 e. The third kappa shape index (κ3) is 4.56. The second-order valence-corrected chi connectivity index (χ2v) is 6.50. The lowest BCUT2D eigenvalue weighted by molar-refractivity contribution is -0.0283. The number of rotatable bonds is 6. The van der Waals surface area contributed by atoms with Crippen molar-refractivity contribution in [1.82, 2.24) is 4.90 Å². The van der Waals surface area contributed by atoms with Crippen LogP contribution in [0.5, 0.6) is 11.5 Å². The Bertz CT molecular complexity index is 813. The van der Waals surface area contributed by atoms with Gasteiger partial charge in [-0.05, 0) is 30.2 Å². The van der Waals surface area contributed by atoms with Crippen LogP contribution in [0.25, 0.3) is 0 Å². The van der Waals surface area contributed by atoms with Crippen LogP contribution >= 0.6 is 0 Å². The number of halogens is 1. The zero-order valence-electron chi connectivity index (χ0n) is 15.0. The molecule has 2 N–H and O–H groups in total. The van der Waals surface area contributed by atoms with Crippen LogP contribution in [-0.2, 0) is 6.54 Å². The van der Waals surface area contributed by atoms with E-state index in [0.29, 0.717) is 37.4 Å². The molecule has 0 aliphatic carbocycles. The Morgan fingerprint density at radius 1 is 1.26 bits per heavy atom. The lowest BCUT2D eigenvalue weighted by atomic mass is 10.0. The van der Waals surface area contributed by atoms with Crippen LogP contribution in [0.3, 0.4) is 0 Å². The first-order chi connectivity index (χ1) is 13.0. The Morgan fingerprint density at radius 2 is 2.04 bits per heavy atom. The van der Waals surface area contributed by atoms with Crippen LogP contribution in [-0.4, -0.2) is 53.5 Å². The number of hydrogen-bond donors (Lipinski definition) is 2. The molecule has 1 saturated heterocycles. The maximum atomic E-state index is 13.3. The summed E-state index contributed by atoms with van der Waals surface area (Å²) in [5.74, 6) is -0.730. The van der Waals surface area contributed by atoms with Gasteiger partial charge in [-0.25, -0.2) is 9.18 Å². The molecular formula is C20H22FNO5. The van der Waals surface area contributed by atoms with E-state index in [1.54, 1.807) is 24.3 Å². The van der Waals surface area contributed by atoms with Crippen molar-refractivity contribution in [3.05, 3.63) is 59.4 Å². The van der Waals surface area contributed by atoms with Crippen molar-refractivity contribution >= 4 is 5.97 Å². The van der Waals surface area contributed by atoms with E-state index in [1.807, 2.05) is 4.90 Å². The minimum absolute atomic E-state index is 0.265. The van der Waals surface area contributed by atoms with E-state index in [1.165, 1.54) is 25.3 Å². The number of ether oxygens (including phenoxy) is 2. The molecule has 1 fully saturated rings. The predicted octanol–water partition coefficient (Wildman–Crippen LogP) is 2.55. The second-order valence-electron chi connectivity index (χ2n) is 6.50. The summed E-state index contributed by atoms with van der Waals surface area (Å²) in [5, 5.41) is 19.8. The first kappa shape index (κ1) is 19.1. The van der Waals surface area contributed by atoms with Crippen molar-refractivity contribution in [2.24, 2.45) is 0 Å². The molecular weight excluding hydrogens is 353 g/mol. The molecule has 27 heavy (non-hydrogen) atoms. The predicted molar refractivity (Wildman–Crippen MR) is 96.7 cm³/mol. The van der Waals surface area contributed by atoms with Gasteiger partial charge in [-0.3, -0.25) is 4.90 Å². The molecule has 1 heterocycles. The first-order valence-electron chi connectivity index (χ1n) is 8.69. The topological polar surface area (TPSA) is 79.2 Å². The number of β-amino-alcohol motifs (C(OH)–C–C–N with tert-alkyl or cyclic N) is 1. The fraction of sp³-hybridized carbons (Fsp3) is 0.350. The van der Waals surface area contributed by atoms with Crippen LogP contribution in [0, 0.1) is 5.82 Å². The normalized spacial score (nSPS) is 20.3. The van der Waals surface area contributed by atoms with E-state index in [-0.39, 0.29) is 11.3 Å². The van der Waals surface area contributed by atoms with Crippen LogP contribution in [0.15, 0.2) is 42.5 Å². The number of benzene rings is 2. The highest BCUT2D eigenvalue weighted by molar-refractivity contribution is 5.89. The van der Waals surface area contributed by atoms with E-state index >= 15 is 0 Å². The summed E-state index contributed by atoms with van der Waals surface area (Å²) in [4.78, 5) is 13.3. The molecule has 0 saturated carbocycles. The van der Waals surface area contributed by atoms with Crippen molar-refractivity contribution in [3.63, 3.8) is 0 Å². The van der Waals surface area contributed by atoms with Crippen molar-refractivity contribution in [2.45, 2.75) is 25.2 Å². The van der Waals surface area contributed by atoms with Crippen LogP contribution in [0.2, 0.25) is 0 Å². The average molecular weight is 375 g/mol. The van der Waals surface area contributed by atoms with Crippen molar-refractivity contribution in [1.29, 1.82) is 0 Å². The third-order valence-corrected chi connectivity index (χ3v) is 4.65.